The van der Waals surface area contributed by atoms with Gasteiger partial charge in [0.1, 0.15) is 6.21 Å². The molecule has 22 heavy (non-hydrogen) atoms. The number of nitro groups is 1. The normalized spacial score (nSPS) is 11.1. The minimum Gasteiger partial charge on any atom is -0.502 e. The molecule has 1 aromatic carbocycles. The molecule has 0 aliphatic rings. The molecule has 118 valence electrons. The summed E-state index contributed by atoms with van der Waals surface area (Å²) in [4.78, 5) is 24.9. The van der Waals surface area contributed by atoms with E-state index >= 15 is 0 Å². The summed E-state index contributed by atoms with van der Waals surface area (Å²) in [5.41, 5.74) is -0.361. The van der Waals surface area contributed by atoms with Crippen LogP contribution in [0.1, 0.15) is 12.0 Å². The standard InChI is InChI=1S/C12H13ClN4O5/c13-9-4-8(12(19)10(5-9)17(21)22)6-14-2-1-3-15-11(18)7-16-20/h4-7,19-20H,1-3H2,(H,15,18)/b14-6?,16-7+. The first-order valence-electron chi connectivity index (χ1n) is 6.07. The van der Waals surface area contributed by atoms with Crippen LogP contribution < -0.4 is 5.32 Å². The van der Waals surface area contributed by atoms with Gasteiger partial charge in [-0.15, -0.1) is 0 Å². The molecule has 1 amide bonds. The number of phenols is 1. The zero-order valence-electron chi connectivity index (χ0n) is 11.3. The largest absolute Gasteiger partial charge is 0.502 e. The van der Waals surface area contributed by atoms with E-state index in [-0.39, 0.29) is 10.6 Å². The molecular formula is C12H13ClN4O5. The fraction of sp³-hybridized carbons (Fsp3) is 0.250. The van der Waals surface area contributed by atoms with E-state index in [1.807, 2.05) is 0 Å². The number of hydrogen-bond acceptors (Lipinski definition) is 7. The summed E-state index contributed by atoms with van der Waals surface area (Å²) in [5, 5.41) is 33.7. The number of nitrogens with one attached hydrogen (secondary N) is 1. The second-order valence-electron chi connectivity index (χ2n) is 4.04. The molecule has 0 spiro atoms. The van der Waals surface area contributed by atoms with Crippen molar-refractivity contribution in [2.24, 2.45) is 10.1 Å². The van der Waals surface area contributed by atoms with Crippen LogP contribution in [-0.2, 0) is 4.79 Å². The molecule has 0 heterocycles. The third kappa shape index (κ3) is 5.37. The number of amides is 1. The average molecular weight is 329 g/mol. The molecule has 1 rings (SSSR count). The number of aromatic hydroxyl groups is 1. The van der Waals surface area contributed by atoms with Gasteiger partial charge in [0.2, 0.25) is 5.75 Å². The fourth-order valence-electron chi connectivity index (χ4n) is 1.49. The second-order valence-corrected chi connectivity index (χ2v) is 4.48. The van der Waals surface area contributed by atoms with E-state index in [1.54, 1.807) is 0 Å². The second kappa shape index (κ2) is 8.57. The Morgan fingerprint density at radius 3 is 2.86 bits per heavy atom. The van der Waals surface area contributed by atoms with Gasteiger partial charge in [-0.2, -0.15) is 0 Å². The van der Waals surface area contributed by atoms with Crippen molar-refractivity contribution in [3.8, 4) is 5.75 Å². The average Bonchev–Trinajstić information content (AvgIpc) is 2.45. The molecule has 0 radical (unpaired) electrons. The van der Waals surface area contributed by atoms with Gasteiger partial charge in [0, 0.05) is 36.0 Å². The van der Waals surface area contributed by atoms with Crippen molar-refractivity contribution in [3.63, 3.8) is 0 Å². The summed E-state index contributed by atoms with van der Waals surface area (Å²) in [7, 11) is 0. The van der Waals surface area contributed by atoms with Crippen LogP contribution in [0.25, 0.3) is 0 Å². The summed E-state index contributed by atoms with van der Waals surface area (Å²) < 4.78 is 0. The first kappa shape index (κ1) is 17.4. The smallest absolute Gasteiger partial charge is 0.312 e. The van der Waals surface area contributed by atoms with Crippen molar-refractivity contribution in [2.45, 2.75) is 6.42 Å². The van der Waals surface area contributed by atoms with Crippen LogP contribution in [0.3, 0.4) is 0 Å². The van der Waals surface area contributed by atoms with E-state index in [4.69, 9.17) is 16.8 Å². The molecule has 0 unspecified atom stereocenters. The number of aliphatic imine (C=N–C) groups is 1. The molecule has 0 aromatic heterocycles. The van der Waals surface area contributed by atoms with Gasteiger partial charge in [-0.25, -0.2) is 0 Å². The number of nitrogens with zero attached hydrogens (tertiary/aromatic N) is 3. The van der Waals surface area contributed by atoms with Gasteiger partial charge in [0.05, 0.1) is 4.92 Å². The van der Waals surface area contributed by atoms with E-state index in [0.29, 0.717) is 19.5 Å². The number of rotatable bonds is 7. The molecule has 0 atom stereocenters. The number of oxime groups is 1. The zero-order chi connectivity index (χ0) is 16.5. The number of phenolic OH excluding ortho intramolecular Hbond substituents is 1. The van der Waals surface area contributed by atoms with Gasteiger partial charge in [0.15, 0.2) is 0 Å². The lowest BCUT2D eigenvalue weighted by atomic mass is 10.2. The predicted molar refractivity (Wildman–Crippen MR) is 80.1 cm³/mol. The number of benzene rings is 1. The number of carbonyl (C=O) groups excluding carboxylic acids is 1. The number of carbonyl (C=O) groups is 1. The van der Waals surface area contributed by atoms with Crippen LogP contribution in [0.4, 0.5) is 5.69 Å². The first-order chi connectivity index (χ1) is 10.5. The molecule has 1 aromatic rings. The van der Waals surface area contributed by atoms with E-state index in [9.17, 15) is 20.0 Å². The summed E-state index contributed by atoms with van der Waals surface area (Å²) in [6.45, 7) is 0.625. The van der Waals surface area contributed by atoms with E-state index in [2.05, 4.69) is 15.5 Å². The lowest BCUT2D eigenvalue weighted by Gasteiger charge is -2.02. The Balaban J connectivity index is 2.57. The van der Waals surface area contributed by atoms with Gasteiger partial charge < -0.3 is 15.6 Å². The van der Waals surface area contributed by atoms with Gasteiger partial charge in [-0.3, -0.25) is 19.9 Å². The highest BCUT2D eigenvalue weighted by Crippen LogP contribution is 2.32. The summed E-state index contributed by atoms with van der Waals surface area (Å²) in [6.07, 6.45) is 2.49. The molecule has 9 nitrogen and oxygen atoms in total. The fourth-order valence-corrected chi connectivity index (χ4v) is 1.71. The Morgan fingerprint density at radius 1 is 1.50 bits per heavy atom. The van der Waals surface area contributed by atoms with Gasteiger partial charge >= 0.3 is 5.69 Å². The van der Waals surface area contributed by atoms with E-state index < -0.39 is 22.3 Å². The van der Waals surface area contributed by atoms with Crippen LogP contribution in [0.15, 0.2) is 22.3 Å². The van der Waals surface area contributed by atoms with Crippen LogP contribution in [0.2, 0.25) is 5.02 Å². The van der Waals surface area contributed by atoms with Crippen LogP contribution in [0, 0.1) is 10.1 Å². The molecule has 0 saturated heterocycles. The Hall–Kier alpha value is -2.68. The SMILES string of the molecule is O=C(/C=N/O)NCCCN=Cc1cc(Cl)cc([N+](=O)[O-])c1O. The van der Waals surface area contributed by atoms with Crippen molar-refractivity contribution in [3.05, 3.63) is 32.8 Å². The Morgan fingerprint density at radius 2 is 2.23 bits per heavy atom. The maximum absolute atomic E-state index is 10.9. The molecule has 10 heteroatoms. The third-order valence-electron chi connectivity index (χ3n) is 2.45. The van der Waals surface area contributed by atoms with Crippen LogP contribution in [0.5, 0.6) is 5.75 Å². The molecule has 0 bridgehead atoms. The quantitative estimate of drug-likeness (QED) is 0.228. The number of nitro benzene ring substituents is 1. The summed E-state index contributed by atoms with van der Waals surface area (Å²) >= 11 is 5.74. The summed E-state index contributed by atoms with van der Waals surface area (Å²) in [5.74, 6) is -1.04. The van der Waals surface area contributed by atoms with Crippen LogP contribution >= 0.6 is 11.6 Å². The van der Waals surface area contributed by atoms with E-state index in [1.165, 1.54) is 12.3 Å². The zero-order valence-corrected chi connectivity index (χ0v) is 12.0. The molecule has 0 saturated carbocycles. The van der Waals surface area contributed by atoms with Gasteiger partial charge in [0.25, 0.3) is 5.91 Å². The van der Waals surface area contributed by atoms with Crippen molar-refractivity contribution >= 4 is 35.6 Å². The lowest BCUT2D eigenvalue weighted by molar-refractivity contribution is -0.385. The molecule has 0 aliphatic heterocycles. The molecule has 0 fully saturated rings. The summed E-state index contributed by atoms with van der Waals surface area (Å²) in [6, 6.07) is 2.40. The van der Waals surface area contributed by atoms with Crippen molar-refractivity contribution in [1.29, 1.82) is 0 Å². The highest BCUT2D eigenvalue weighted by Gasteiger charge is 2.17. The molecule has 3 N–H and O–H groups in total. The highest BCUT2D eigenvalue weighted by molar-refractivity contribution is 6.31. The third-order valence-corrected chi connectivity index (χ3v) is 2.67. The Labute approximate surface area is 130 Å². The Bertz CT molecular complexity index is 618. The monoisotopic (exact) mass is 328 g/mol. The minimum absolute atomic E-state index is 0.113. The van der Waals surface area contributed by atoms with Gasteiger partial charge in [-0.1, -0.05) is 16.8 Å². The minimum atomic E-state index is -0.739. The van der Waals surface area contributed by atoms with E-state index in [0.717, 1.165) is 12.3 Å². The maximum atomic E-state index is 10.9. The van der Waals surface area contributed by atoms with Gasteiger partial charge in [-0.05, 0) is 12.5 Å². The number of halogens is 1. The first-order valence-corrected chi connectivity index (χ1v) is 6.45. The Kier molecular flexibility index (Phi) is 6.77. The highest BCUT2D eigenvalue weighted by atomic mass is 35.5. The molecular weight excluding hydrogens is 316 g/mol. The molecule has 0 aliphatic carbocycles. The lowest BCUT2D eigenvalue weighted by Crippen LogP contribution is -2.25. The topological polar surface area (TPSA) is 137 Å². The predicted octanol–water partition coefficient (Wildman–Crippen LogP) is 1.34. The maximum Gasteiger partial charge on any atom is 0.312 e. The van der Waals surface area contributed by atoms with Crippen molar-refractivity contribution in [2.75, 3.05) is 13.1 Å². The van der Waals surface area contributed by atoms with Crippen molar-refractivity contribution < 1.29 is 20.0 Å². The van der Waals surface area contributed by atoms with Crippen molar-refractivity contribution in [1.82, 2.24) is 5.32 Å². The number of hydrogen-bond donors (Lipinski definition) is 3. The van der Waals surface area contributed by atoms with Crippen LogP contribution in [-0.4, -0.2) is 46.7 Å².